The van der Waals surface area contributed by atoms with Crippen molar-refractivity contribution in [3.05, 3.63) is 80.5 Å². The molecule has 0 amide bonds. The predicted molar refractivity (Wildman–Crippen MR) is 122 cm³/mol. The maximum atomic E-state index is 6.72. The number of nitrogens with zero attached hydrogens (tertiary/aromatic N) is 2. The fourth-order valence-corrected chi connectivity index (χ4v) is 6.61. The molecule has 5 heteroatoms. The summed E-state index contributed by atoms with van der Waals surface area (Å²) in [6.45, 7) is 14.1. The van der Waals surface area contributed by atoms with Gasteiger partial charge in [-0.2, -0.15) is 0 Å². The predicted octanol–water partition coefficient (Wildman–Crippen LogP) is 7.65. The normalized spacial score (nSPS) is 12.1. The van der Waals surface area contributed by atoms with Crippen molar-refractivity contribution in [2.45, 2.75) is 59.9 Å². The first-order valence-corrected chi connectivity index (χ1v) is 14.8. The molecule has 29 heavy (non-hydrogen) atoms. The molecule has 0 unspecified atom stereocenters. The molecule has 0 saturated heterocycles. The van der Waals surface area contributed by atoms with Crippen LogP contribution in [0.25, 0.3) is 5.69 Å². The molecule has 2 aromatic carbocycles. The molecule has 3 rings (SSSR count). The monoisotopic (exact) mass is 522 g/mol. The Morgan fingerprint density at radius 1 is 0.793 bits per heavy atom. The Balaban J connectivity index is 2.39. The van der Waals surface area contributed by atoms with Crippen molar-refractivity contribution >= 4 is 19.1 Å². The average molecular weight is 524 g/mol. The molecule has 0 atom stereocenters. The van der Waals surface area contributed by atoms with Gasteiger partial charge in [0.25, 0.3) is 0 Å². The van der Waals surface area contributed by atoms with E-state index in [1.165, 1.54) is 33.8 Å². The quantitative estimate of drug-likeness (QED) is 0.304. The summed E-state index contributed by atoms with van der Waals surface area (Å²) in [6, 6.07) is 17.2. The van der Waals surface area contributed by atoms with Crippen LogP contribution >= 0.6 is 19.1 Å². The van der Waals surface area contributed by atoms with Gasteiger partial charge < -0.3 is 0 Å². The first kappa shape index (κ1) is 22.6. The number of benzene rings is 2. The molecule has 3 aromatic rings. The van der Waals surface area contributed by atoms with E-state index >= 15 is 0 Å². The van der Waals surface area contributed by atoms with E-state index in [-0.39, 0.29) is 0 Å². The van der Waals surface area contributed by atoms with Crippen LogP contribution in [0.3, 0.4) is 0 Å². The minimum atomic E-state index is -1.92. The van der Waals surface area contributed by atoms with Gasteiger partial charge in [0.05, 0.1) is 0 Å². The molecule has 0 N–H and O–H groups in total. The fourth-order valence-electron chi connectivity index (χ4n) is 3.82. The first-order chi connectivity index (χ1) is 13.7. The number of rotatable bonds is 5. The minimum absolute atomic E-state index is 0.407. The third-order valence-corrected chi connectivity index (χ3v) is 8.05. The summed E-state index contributed by atoms with van der Waals surface area (Å²) in [5.74, 6) is 0.814. The average Bonchev–Trinajstić information content (AvgIpc) is 2.93. The Morgan fingerprint density at radius 3 is 1.83 bits per heavy atom. The molecule has 1 heterocycles. The summed E-state index contributed by atoms with van der Waals surface area (Å²) in [5, 5.41) is 0. The van der Waals surface area contributed by atoms with Gasteiger partial charge in [-0.15, -0.1) is 0 Å². The van der Waals surface area contributed by atoms with E-state index in [9.17, 15) is 0 Å². The Labute approximate surface area is 187 Å². The van der Waals surface area contributed by atoms with E-state index in [0.717, 1.165) is 10.4 Å². The molecule has 0 aliphatic carbocycles. The maximum absolute atomic E-state index is 6.72. The third-order valence-electron chi connectivity index (χ3n) is 5.50. The zero-order valence-corrected chi connectivity index (χ0v) is 21.0. The van der Waals surface area contributed by atoms with Crippen molar-refractivity contribution in [1.82, 2.24) is 9.13 Å². The molecule has 0 bridgehead atoms. The topological polar surface area (TPSA) is 9.86 Å². The van der Waals surface area contributed by atoms with E-state index in [2.05, 4.69) is 93.1 Å². The van der Waals surface area contributed by atoms with Gasteiger partial charge in [-0.05, 0) is 0 Å². The van der Waals surface area contributed by atoms with Crippen molar-refractivity contribution in [3.8, 4) is 5.69 Å². The van der Waals surface area contributed by atoms with Crippen LogP contribution in [0.4, 0.5) is 0 Å². The standard InChI is InChI=1S/C24H30N2.2ClH.Pd/c1-17(2)22-13-10-14-23(18(3)4)24(22)26-16-25(19(5)20(26)6)15-21-11-8-7-9-12-21;;;/h7-14,17-18H,15H2,1-6H3;2*1H;/p-2. The van der Waals surface area contributed by atoms with E-state index in [4.69, 9.17) is 19.1 Å². The number of hydrogen-bond acceptors (Lipinski definition) is 0. The molecule has 0 aliphatic rings. The van der Waals surface area contributed by atoms with Crippen LogP contribution in [0, 0.1) is 17.7 Å². The SMILES string of the molecule is Cc1c(C)n(-c2c(C(C)C)cccc2C(C)C)[c](=[Pd-2]([Cl])[Cl])n1Cc1ccccc1. The number of hydrogen-bond donors (Lipinski definition) is 0. The van der Waals surface area contributed by atoms with Crippen molar-refractivity contribution in [3.63, 3.8) is 0 Å². The van der Waals surface area contributed by atoms with Gasteiger partial charge in [-0.3, -0.25) is 0 Å². The number of imidazole rings is 1. The van der Waals surface area contributed by atoms with Crippen molar-refractivity contribution < 1.29 is 14.3 Å². The summed E-state index contributed by atoms with van der Waals surface area (Å²) in [5.41, 5.74) is 7.60. The van der Waals surface area contributed by atoms with Crippen LogP contribution in [0.15, 0.2) is 48.5 Å². The second kappa shape index (κ2) is 9.36. The molecular formula is C24H30Cl2N2Pd-2. The van der Waals surface area contributed by atoms with Gasteiger partial charge in [-0.25, -0.2) is 0 Å². The Hall–Kier alpha value is -1.11. The summed E-state index contributed by atoms with van der Waals surface area (Å²) < 4.78 is 5.70. The first-order valence-electron chi connectivity index (χ1n) is 9.98. The molecule has 0 fully saturated rings. The van der Waals surface area contributed by atoms with Crippen molar-refractivity contribution in [1.29, 1.82) is 0 Å². The van der Waals surface area contributed by atoms with Gasteiger partial charge >= 0.3 is 189 Å². The zero-order chi connectivity index (χ0) is 21.3. The second-order valence-corrected chi connectivity index (χ2v) is 13.1. The Bertz CT molecular complexity index is 1050. The zero-order valence-electron chi connectivity index (χ0n) is 17.9. The Kier molecular flexibility index (Phi) is 7.28. The van der Waals surface area contributed by atoms with Gasteiger partial charge in [-0.1, -0.05) is 0 Å². The fraction of sp³-hybridized carbons (Fsp3) is 0.375. The molecule has 162 valence electrons. The summed E-state index contributed by atoms with van der Waals surface area (Å²) in [7, 11) is 13.4. The molecule has 2 nitrogen and oxygen atoms in total. The van der Waals surface area contributed by atoms with Crippen LogP contribution in [0.1, 0.15) is 67.6 Å². The van der Waals surface area contributed by atoms with Crippen LogP contribution in [0.2, 0.25) is 0 Å². The van der Waals surface area contributed by atoms with Crippen LogP contribution < -0.4 is 0 Å². The van der Waals surface area contributed by atoms with Crippen molar-refractivity contribution in [2.75, 3.05) is 0 Å². The third kappa shape index (κ3) is 4.49. The van der Waals surface area contributed by atoms with E-state index in [1.54, 1.807) is 0 Å². The number of halogens is 2. The number of aromatic nitrogens is 2. The van der Waals surface area contributed by atoms with Gasteiger partial charge in [0.15, 0.2) is 0 Å². The summed E-state index contributed by atoms with van der Waals surface area (Å²) >= 11 is -1.92. The van der Waals surface area contributed by atoms with E-state index in [0.29, 0.717) is 11.8 Å². The Morgan fingerprint density at radius 2 is 1.34 bits per heavy atom. The van der Waals surface area contributed by atoms with Crippen LogP contribution in [-0.2, 0) is 20.8 Å². The summed E-state index contributed by atoms with van der Waals surface area (Å²) in [4.78, 5) is 0. The molecule has 1 aromatic heterocycles. The van der Waals surface area contributed by atoms with E-state index < -0.39 is 14.3 Å². The second-order valence-electron chi connectivity index (χ2n) is 8.08. The van der Waals surface area contributed by atoms with Gasteiger partial charge in [0, 0.05) is 0 Å². The molecule has 0 saturated carbocycles. The molecule has 0 spiro atoms. The van der Waals surface area contributed by atoms with Gasteiger partial charge in [0.1, 0.15) is 0 Å². The molecule has 0 aliphatic heterocycles. The summed E-state index contributed by atoms with van der Waals surface area (Å²) in [6.07, 6.45) is 0. The van der Waals surface area contributed by atoms with Crippen molar-refractivity contribution in [2.24, 2.45) is 0 Å². The number of para-hydroxylation sites is 1. The molecular weight excluding hydrogens is 494 g/mol. The molecule has 0 radical (unpaired) electrons. The van der Waals surface area contributed by atoms with Crippen LogP contribution in [0.5, 0.6) is 0 Å². The van der Waals surface area contributed by atoms with E-state index in [1.807, 2.05) is 6.07 Å². The van der Waals surface area contributed by atoms with Gasteiger partial charge in [0.2, 0.25) is 0 Å². The van der Waals surface area contributed by atoms with Crippen LogP contribution in [-0.4, -0.2) is 9.13 Å².